The highest BCUT2D eigenvalue weighted by atomic mass is 32.2. The van der Waals surface area contributed by atoms with Gasteiger partial charge in [0.2, 0.25) is 9.84 Å². The molecule has 122 valence electrons. The van der Waals surface area contributed by atoms with Crippen LogP contribution in [0.15, 0.2) is 45.0 Å². The zero-order chi connectivity index (χ0) is 16.8. The number of likely N-dealkylation sites (N-methyl/N-ethyl adjacent to an activating group) is 1. The van der Waals surface area contributed by atoms with Crippen molar-refractivity contribution in [2.24, 2.45) is 0 Å². The molecule has 1 N–H and O–H groups in total. The third-order valence-electron chi connectivity index (χ3n) is 3.56. The number of fused-ring (bicyclic) bond motifs is 2. The number of nitrogens with zero attached hydrogens (tertiary/aromatic N) is 3. The van der Waals surface area contributed by atoms with Crippen molar-refractivity contribution in [3.63, 3.8) is 0 Å². The Labute approximate surface area is 133 Å². The second-order valence-corrected chi connectivity index (χ2v) is 7.69. The van der Waals surface area contributed by atoms with Gasteiger partial charge in [-0.1, -0.05) is 12.1 Å². The lowest BCUT2D eigenvalue weighted by Gasteiger charge is -2.33. The Kier molecular flexibility index (Phi) is 3.51. The number of sulfone groups is 1. The van der Waals surface area contributed by atoms with Crippen molar-refractivity contribution in [2.45, 2.75) is 16.3 Å². The van der Waals surface area contributed by atoms with Crippen LogP contribution in [0.4, 0.5) is 11.4 Å². The summed E-state index contributed by atoms with van der Waals surface area (Å²) in [5.74, 6) is 0. The Hall–Kier alpha value is -2.23. The van der Waals surface area contributed by atoms with Crippen molar-refractivity contribution in [1.29, 1.82) is 0 Å². The van der Waals surface area contributed by atoms with Crippen molar-refractivity contribution >= 4 is 21.2 Å². The first-order valence-electron chi connectivity index (χ1n) is 6.95. The molecule has 0 saturated carbocycles. The maximum absolute atomic E-state index is 12.7. The topological polar surface area (TPSA) is 104 Å². The molecule has 1 aromatic carbocycles. The molecule has 0 aliphatic carbocycles. The van der Waals surface area contributed by atoms with Crippen molar-refractivity contribution < 1.29 is 13.1 Å². The highest BCUT2D eigenvalue weighted by molar-refractivity contribution is 7.92. The third-order valence-corrected chi connectivity index (χ3v) is 5.43. The summed E-state index contributed by atoms with van der Waals surface area (Å²) in [6, 6.07) is 6.37. The number of rotatable bonds is 3. The fraction of sp³-hybridized carbons (Fsp3) is 0.286. The van der Waals surface area contributed by atoms with Crippen LogP contribution in [0, 0.1) is 5.21 Å². The first-order valence-corrected chi connectivity index (χ1v) is 8.44. The molecule has 0 fully saturated rings. The van der Waals surface area contributed by atoms with Gasteiger partial charge in [-0.3, -0.25) is 4.79 Å². The van der Waals surface area contributed by atoms with E-state index >= 15 is 0 Å². The van der Waals surface area contributed by atoms with Crippen molar-refractivity contribution in [2.75, 3.05) is 26.0 Å². The SMILES string of the molecule is C[N+](C)([O-])CCn1ncc2c(c1=O)S(=O)(=O)c1ccccc1N2. The van der Waals surface area contributed by atoms with Crippen LogP contribution >= 0.6 is 0 Å². The van der Waals surface area contributed by atoms with Crippen LogP contribution in [-0.4, -0.2) is 43.5 Å². The molecule has 0 unspecified atom stereocenters. The van der Waals surface area contributed by atoms with E-state index in [1.807, 2.05) is 0 Å². The van der Waals surface area contributed by atoms with Gasteiger partial charge in [-0.05, 0) is 12.1 Å². The van der Waals surface area contributed by atoms with E-state index in [-0.39, 0.29) is 28.6 Å². The van der Waals surface area contributed by atoms with Crippen LogP contribution in [0.5, 0.6) is 0 Å². The first-order chi connectivity index (χ1) is 10.7. The number of quaternary nitrogens is 1. The van der Waals surface area contributed by atoms with Gasteiger partial charge in [-0.25, -0.2) is 13.1 Å². The summed E-state index contributed by atoms with van der Waals surface area (Å²) in [4.78, 5) is 12.3. The minimum atomic E-state index is -3.93. The van der Waals surface area contributed by atoms with Gasteiger partial charge < -0.3 is 15.2 Å². The molecule has 1 aliphatic heterocycles. The van der Waals surface area contributed by atoms with Gasteiger partial charge in [0.15, 0.2) is 4.90 Å². The summed E-state index contributed by atoms with van der Waals surface area (Å²) >= 11 is 0. The lowest BCUT2D eigenvalue weighted by Crippen LogP contribution is -2.39. The summed E-state index contributed by atoms with van der Waals surface area (Å²) in [7, 11) is -1.04. The first kappa shape index (κ1) is 15.7. The second kappa shape index (κ2) is 5.15. The molecule has 0 atom stereocenters. The number of hydrogen-bond donors (Lipinski definition) is 1. The fourth-order valence-corrected chi connectivity index (χ4v) is 3.99. The quantitative estimate of drug-likeness (QED) is 0.558. The molecule has 0 bridgehead atoms. The molecule has 0 radical (unpaired) electrons. The van der Waals surface area contributed by atoms with Crippen LogP contribution < -0.4 is 10.9 Å². The van der Waals surface area contributed by atoms with E-state index in [4.69, 9.17) is 0 Å². The van der Waals surface area contributed by atoms with E-state index < -0.39 is 20.0 Å². The summed E-state index contributed by atoms with van der Waals surface area (Å²) in [5.41, 5.74) is -0.157. The maximum Gasteiger partial charge on any atom is 0.288 e. The van der Waals surface area contributed by atoms with Crippen LogP contribution in [0.25, 0.3) is 0 Å². The minimum absolute atomic E-state index is 0.0414. The van der Waals surface area contributed by atoms with Gasteiger partial charge >= 0.3 is 0 Å². The van der Waals surface area contributed by atoms with Gasteiger partial charge in [0.05, 0.1) is 49.7 Å². The second-order valence-electron chi connectivity index (χ2n) is 5.84. The predicted octanol–water partition coefficient (Wildman–Crippen LogP) is 0.707. The van der Waals surface area contributed by atoms with Crippen molar-refractivity contribution in [1.82, 2.24) is 9.78 Å². The highest BCUT2D eigenvalue weighted by Gasteiger charge is 2.33. The Morgan fingerprint density at radius 1 is 1.26 bits per heavy atom. The monoisotopic (exact) mass is 336 g/mol. The Morgan fingerprint density at radius 2 is 1.96 bits per heavy atom. The number of anilines is 2. The molecular weight excluding hydrogens is 320 g/mol. The van der Waals surface area contributed by atoms with E-state index in [2.05, 4.69) is 10.4 Å². The Bertz CT molecular complexity index is 929. The summed E-state index contributed by atoms with van der Waals surface area (Å²) in [6.07, 6.45) is 1.30. The molecule has 1 aliphatic rings. The largest absolute Gasteiger partial charge is 0.633 e. The summed E-state index contributed by atoms with van der Waals surface area (Å²) in [5, 5.41) is 18.5. The summed E-state index contributed by atoms with van der Waals surface area (Å²) < 4.78 is 25.9. The van der Waals surface area contributed by atoms with Crippen LogP contribution in [0.3, 0.4) is 0 Å². The van der Waals surface area contributed by atoms with E-state index in [9.17, 15) is 18.4 Å². The summed E-state index contributed by atoms with van der Waals surface area (Å²) in [6.45, 7) is 0.148. The number of aromatic nitrogens is 2. The van der Waals surface area contributed by atoms with Gasteiger partial charge in [-0.15, -0.1) is 0 Å². The fourth-order valence-electron chi connectivity index (χ4n) is 2.37. The van der Waals surface area contributed by atoms with Crippen LogP contribution in [0.1, 0.15) is 0 Å². The van der Waals surface area contributed by atoms with Gasteiger partial charge in [0.1, 0.15) is 0 Å². The highest BCUT2D eigenvalue weighted by Crippen LogP contribution is 2.36. The molecule has 0 amide bonds. The lowest BCUT2D eigenvalue weighted by atomic mass is 10.3. The van der Waals surface area contributed by atoms with Crippen molar-refractivity contribution in [3.8, 4) is 0 Å². The zero-order valence-electron chi connectivity index (χ0n) is 12.7. The Balaban J connectivity index is 2.12. The zero-order valence-corrected chi connectivity index (χ0v) is 13.5. The molecule has 2 heterocycles. The molecule has 2 aromatic rings. The number of nitrogens with one attached hydrogen (secondary N) is 1. The van der Waals surface area contributed by atoms with E-state index in [1.54, 1.807) is 18.2 Å². The normalized spacial score (nSPS) is 15.4. The molecule has 9 heteroatoms. The molecule has 0 saturated heterocycles. The molecule has 0 spiro atoms. The number of hydroxylamine groups is 3. The van der Waals surface area contributed by atoms with Gasteiger partial charge in [0.25, 0.3) is 5.56 Å². The maximum atomic E-state index is 12.7. The molecular formula is C14H16N4O4S. The standard InChI is InChI=1S/C14H16N4O4S/c1-18(2,20)8-7-17-14(19)13-11(9-15-17)16-10-5-3-4-6-12(10)23(13,21)22/h3-6,9,16H,7-8H2,1-2H3. The molecule has 8 nitrogen and oxygen atoms in total. The van der Waals surface area contributed by atoms with Crippen LogP contribution in [-0.2, 0) is 16.4 Å². The number of para-hydroxylation sites is 1. The Morgan fingerprint density at radius 3 is 2.65 bits per heavy atom. The predicted molar refractivity (Wildman–Crippen MR) is 84.0 cm³/mol. The van der Waals surface area contributed by atoms with Gasteiger partial charge in [-0.2, -0.15) is 5.10 Å². The van der Waals surface area contributed by atoms with E-state index in [0.717, 1.165) is 4.68 Å². The molecule has 1 aromatic heterocycles. The number of hydrogen-bond acceptors (Lipinski definition) is 6. The molecule has 3 rings (SSSR count). The lowest BCUT2D eigenvalue weighted by molar-refractivity contribution is -0.840. The van der Waals surface area contributed by atoms with Gasteiger partial charge in [0, 0.05) is 0 Å². The number of benzene rings is 1. The average Bonchev–Trinajstić information content (AvgIpc) is 2.45. The van der Waals surface area contributed by atoms with E-state index in [1.165, 1.54) is 26.4 Å². The average molecular weight is 336 g/mol. The third kappa shape index (κ3) is 2.74. The van der Waals surface area contributed by atoms with E-state index in [0.29, 0.717) is 5.69 Å². The van der Waals surface area contributed by atoms with Crippen LogP contribution in [0.2, 0.25) is 0 Å². The molecule has 23 heavy (non-hydrogen) atoms. The minimum Gasteiger partial charge on any atom is -0.633 e. The van der Waals surface area contributed by atoms with Crippen molar-refractivity contribution in [3.05, 3.63) is 46.0 Å². The smallest absolute Gasteiger partial charge is 0.288 e.